The lowest BCUT2D eigenvalue weighted by molar-refractivity contribution is 0.0691. The summed E-state index contributed by atoms with van der Waals surface area (Å²) < 4.78 is 0. The summed E-state index contributed by atoms with van der Waals surface area (Å²) in [6, 6.07) is 8.43. The molecule has 13 heavy (non-hydrogen) atoms. The molecular formula is C10H8NO2. The maximum Gasteiger partial charge on any atom is 0.352 e. The second-order valence-corrected chi connectivity index (χ2v) is 2.89. The molecule has 0 aliphatic rings. The summed E-state index contributed by atoms with van der Waals surface area (Å²) in [4.78, 5) is 13.6. The van der Waals surface area contributed by atoms with Crippen LogP contribution in [0.1, 0.15) is 16.1 Å². The van der Waals surface area contributed by atoms with Gasteiger partial charge in [0.25, 0.3) is 0 Å². The summed E-state index contributed by atoms with van der Waals surface area (Å²) in [5.41, 5.74) is 1.80. The first kappa shape index (κ1) is 7.86. The highest BCUT2D eigenvalue weighted by atomic mass is 16.4. The Morgan fingerprint density at radius 2 is 2.38 bits per heavy atom. The molecule has 0 saturated heterocycles. The molecule has 1 radical (unpaired) electrons. The smallest absolute Gasteiger partial charge is 0.352 e. The normalized spacial score (nSPS) is 10.5. The molecule has 0 spiro atoms. The Labute approximate surface area is 75.0 Å². The van der Waals surface area contributed by atoms with Gasteiger partial charge in [-0.25, -0.2) is 4.79 Å². The van der Waals surface area contributed by atoms with E-state index >= 15 is 0 Å². The Morgan fingerprint density at radius 3 is 3.00 bits per heavy atom. The molecule has 0 fully saturated rings. The molecule has 1 aromatic heterocycles. The van der Waals surface area contributed by atoms with E-state index in [2.05, 4.69) is 11.1 Å². The molecule has 65 valence electrons. The van der Waals surface area contributed by atoms with Crippen molar-refractivity contribution in [2.75, 3.05) is 0 Å². The van der Waals surface area contributed by atoms with E-state index in [1.807, 2.05) is 12.1 Å². The van der Waals surface area contributed by atoms with Gasteiger partial charge in [-0.3, -0.25) is 0 Å². The third-order valence-corrected chi connectivity index (χ3v) is 2.08. The summed E-state index contributed by atoms with van der Waals surface area (Å²) >= 11 is 0. The Hall–Kier alpha value is -1.77. The third-order valence-electron chi connectivity index (χ3n) is 2.08. The molecule has 2 aromatic rings. The van der Waals surface area contributed by atoms with Crippen LogP contribution in [0.15, 0.2) is 18.2 Å². The lowest BCUT2D eigenvalue weighted by Crippen LogP contribution is -1.97. The second kappa shape index (κ2) is 2.62. The van der Waals surface area contributed by atoms with Crippen molar-refractivity contribution in [3.63, 3.8) is 0 Å². The van der Waals surface area contributed by atoms with Crippen molar-refractivity contribution < 1.29 is 9.90 Å². The van der Waals surface area contributed by atoms with Gasteiger partial charge in [-0.1, -0.05) is 12.1 Å². The first-order valence-electron chi connectivity index (χ1n) is 3.92. The number of carboxylic acid groups (broad SMARTS) is 1. The number of aryl methyl sites for hydroxylation is 1. The van der Waals surface area contributed by atoms with Gasteiger partial charge >= 0.3 is 5.97 Å². The highest BCUT2D eigenvalue weighted by molar-refractivity contribution is 5.96. The van der Waals surface area contributed by atoms with E-state index < -0.39 is 5.97 Å². The fourth-order valence-corrected chi connectivity index (χ4v) is 1.42. The van der Waals surface area contributed by atoms with Gasteiger partial charge in [0.2, 0.25) is 0 Å². The zero-order valence-electron chi connectivity index (χ0n) is 7.09. The molecule has 2 N–H and O–H groups in total. The van der Waals surface area contributed by atoms with E-state index in [4.69, 9.17) is 5.11 Å². The van der Waals surface area contributed by atoms with Crippen molar-refractivity contribution in [3.05, 3.63) is 35.5 Å². The average Bonchev–Trinajstić information content (AvgIpc) is 2.45. The molecule has 2 rings (SSSR count). The van der Waals surface area contributed by atoms with Crippen LogP contribution >= 0.6 is 0 Å². The first-order chi connectivity index (χ1) is 6.20. The minimum atomic E-state index is -0.929. The van der Waals surface area contributed by atoms with Crippen molar-refractivity contribution in [3.8, 4) is 0 Å². The molecule has 0 unspecified atom stereocenters. The molecule has 0 saturated carbocycles. The van der Waals surface area contributed by atoms with Gasteiger partial charge in [-0.15, -0.1) is 0 Å². The van der Waals surface area contributed by atoms with Gasteiger partial charge in [-0.2, -0.15) is 0 Å². The number of aromatic amines is 1. The van der Waals surface area contributed by atoms with Crippen molar-refractivity contribution >= 4 is 16.9 Å². The Balaban J connectivity index is 2.81. The van der Waals surface area contributed by atoms with Crippen LogP contribution in [0.3, 0.4) is 0 Å². The van der Waals surface area contributed by atoms with E-state index in [0.29, 0.717) is 0 Å². The lowest BCUT2D eigenvalue weighted by Gasteiger charge is -1.89. The molecule has 3 nitrogen and oxygen atoms in total. The summed E-state index contributed by atoms with van der Waals surface area (Å²) in [5, 5.41) is 9.67. The van der Waals surface area contributed by atoms with Crippen LogP contribution < -0.4 is 0 Å². The largest absolute Gasteiger partial charge is 0.477 e. The molecule has 0 atom stereocenters. The van der Waals surface area contributed by atoms with Crippen molar-refractivity contribution in [2.24, 2.45) is 0 Å². The SMILES string of the molecule is Cc1c(C(=O)O)[nH]c2ccc[c]c12. The Kier molecular flexibility index (Phi) is 1.59. The summed E-state index contributed by atoms with van der Waals surface area (Å²) in [5.74, 6) is -0.929. The first-order valence-corrected chi connectivity index (χ1v) is 3.92. The molecule has 3 heteroatoms. The van der Waals surface area contributed by atoms with Crippen molar-refractivity contribution in [2.45, 2.75) is 6.92 Å². The minimum absolute atomic E-state index is 0.248. The van der Waals surface area contributed by atoms with Crippen LogP contribution in [0.25, 0.3) is 10.9 Å². The number of aromatic carboxylic acids is 1. The number of nitrogens with one attached hydrogen (secondary N) is 1. The molecule has 1 heterocycles. The van der Waals surface area contributed by atoms with Crippen molar-refractivity contribution in [1.29, 1.82) is 0 Å². The van der Waals surface area contributed by atoms with Crippen LogP contribution in [-0.2, 0) is 0 Å². The van der Waals surface area contributed by atoms with Gasteiger partial charge in [0, 0.05) is 10.9 Å². The zero-order valence-corrected chi connectivity index (χ0v) is 7.09. The number of H-pyrrole nitrogens is 1. The molecule has 0 amide bonds. The molecular weight excluding hydrogens is 166 g/mol. The number of benzene rings is 1. The van der Waals surface area contributed by atoms with Gasteiger partial charge in [-0.05, 0) is 24.6 Å². The van der Waals surface area contributed by atoms with Crippen LogP contribution in [-0.4, -0.2) is 16.1 Å². The van der Waals surface area contributed by atoms with E-state index in [9.17, 15) is 4.79 Å². The number of rotatable bonds is 1. The monoisotopic (exact) mass is 174 g/mol. The Morgan fingerprint density at radius 1 is 1.62 bits per heavy atom. The molecule has 0 aliphatic carbocycles. The van der Waals surface area contributed by atoms with Crippen LogP contribution in [0, 0.1) is 13.0 Å². The average molecular weight is 174 g/mol. The highest BCUT2D eigenvalue weighted by Gasteiger charge is 2.12. The maximum atomic E-state index is 10.7. The van der Waals surface area contributed by atoms with E-state index in [1.165, 1.54) is 0 Å². The summed E-state index contributed by atoms with van der Waals surface area (Å²) in [6.45, 7) is 1.78. The number of fused-ring (bicyclic) bond motifs is 1. The quantitative estimate of drug-likeness (QED) is 0.694. The predicted octanol–water partition coefficient (Wildman–Crippen LogP) is 1.97. The highest BCUT2D eigenvalue weighted by Crippen LogP contribution is 2.20. The number of hydrogen-bond acceptors (Lipinski definition) is 1. The minimum Gasteiger partial charge on any atom is -0.477 e. The maximum absolute atomic E-state index is 10.7. The van der Waals surface area contributed by atoms with Crippen molar-refractivity contribution in [1.82, 2.24) is 4.98 Å². The standard InChI is InChI=1S/C10H8NO2/c1-6-7-4-2-3-5-8(7)11-9(6)10(12)13/h2-3,5,11H,1H3,(H,12,13). The van der Waals surface area contributed by atoms with Gasteiger partial charge < -0.3 is 10.1 Å². The predicted molar refractivity (Wildman–Crippen MR) is 48.8 cm³/mol. The Bertz CT molecular complexity index is 471. The summed E-state index contributed by atoms with van der Waals surface area (Å²) in [6.07, 6.45) is 0. The lowest BCUT2D eigenvalue weighted by atomic mass is 10.1. The van der Waals surface area contributed by atoms with Gasteiger partial charge in [0.1, 0.15) is 5.69 Å². The topological polar surface area (TPSA) is 53.1 Å². The van der Waals surface area contributed by atoms with Gasteiger partial charge in [0.05, 0.1) is 0 Å². The molecule has 0 aliphatic heterocycles. The van der Waals surface area contributed by atoms with E-state index in [0.717, 1.165) is 16.5 Å². The fourth-order valence-electron chi connectivity index (χ4n) is 1.42. The zero-order chi connectivity index (χ0) is 9.42. The number of hydrogen-bond donors (Lipinski definition) is 2. The fraction of sp³-hybridized carbons (Fsp3) is 0.100. The second-order valence-electron chi connectivity index (χ2n) is 2.89. The molecule has 1 aromatic carbocycles. The van der Waals surface area contributed by atoms with Crippen LogP contribution in [0.4, 0.5) is 0 Å². The van der Waals surface area contributed by atoms with E-state index in [1.54, 1.807) is 13.0 Å². The number of carbonyl (C=O) groups is 1. The van der Waals surface area contributed by atoms with Crippen LogP contribution in [0.5, 0.6) is 0 Å². The number of aromatic nitrogens is 1. The van der Waals surface area contributed by atoms with Gasteiger partial charge in [0.15, 0.2) is 0 Å². The summed E-state index contributed by atoms with van der Waals surface area (Å²) in [7, 11) is 0. The van der Waals surface area contributed by atoms with Crippen LogP contribution in [0.2, 0.25) is 0 Å². The number of carboxylic acids is 1. The van der Waals surface area contributed by atoms with E-state index in [-0.39, 0.29) is 5.69 Å². The molecule has 0 bridgehead atoms. The third kappa shape index (κ3) is 1.09.